The Morgan fingerprint density at radius 2 is 2.28 bits per heavy atom. The highest BCUT2D eigenvalue weighted by molar-refractivity contribution is 6.04. The lowest BCUT2D eigenvalue weighted by atomic mass is 9.83. The molecule has 2 atom stereocenters. The van der Waals surface area contributed by atoms with E-state index in [4.69, 9.17) is 4.74 Å². The summed E-state index contributed by atoms with van der Waals surface area (Å²) < 4.78 is 5.42. The Hall–Kier alpha value is -2.04. The van der Waals surface area contributed by atoms with Gasteiger partial charge in [0.05, 0.1) is 11.8 Å². The minimum atomic E-state index is -0.311. The number of esters is 1. The minimum absolute atomic E-state index is 0.147. The Labute approximate surface area is 149 Å². The summed E-state index contributed by atoms with van der Waals surface area (Å²) in [5, 5.41) is 4.61. The molecule has 1 aliphatic rings. The Morgan fingerprint density at radius 1 is 1.44 bits per heavy atom. The van der Waals surface area contributed by atoms with Crippen molar-refractivity contribution >= 4 is 22.7 Å². The van der Waals surface area contributed by atoms with Crippen molar-refractivity contribution in [1.82, 2.24) is 9.97 Å². The fraction of sp³-hybridized carbons (Fsp3) is 0.600. The van der Waals surface area contributed by atoms with Crippen LogP contribution in [0, 0.1) is 5.92 Å². The average Bonchev–Trinajstić information content (AvgIpc) is 3.04. The number of nitrogens with zero attached hydrogens (tertiary/aromatic N) is 1. The molecule has 0 aliphatic heterocycles. The summed E-state index contributed by atoms with van der Waals surface area (Å²) in [5.41, 5.74) is 2.18. The van der Waals surface area contributed by atoms with Gasteiger partial charge in [-0.2, -0.15) is 0 Å². The van der Waals surface area contributed by atoms with Gasteiger partial charge in [-0.05, 0) is 38.7 Å². The maximum atomic E-state index is 12.5. The summed E-state index contributed by atoms with van der Waals surface area (Å²) in [5.74, 6) is 0.472. The molecule has 2 heterocycles. The van der Waals surface area contributed by atoms with Crippen LogP contribution in [-0.2, 0) is 4.74 Å². The highest BCUT2D eigenvalue weighted by Crippen LogP contribution is 2.33. The Morgan fingerprint density at radius 3 is 3.04 bits per heavy atom. The van der Waals surface area contributed by atoms with Crippen molar-refractivity contribution in [2.24, 2.45) is 5.92 Å². The number of aromatic nitrogens is 2. The third kappa shape index (κ3) is 4.14. The van der Waals surface area contributed by atoms with Crippen LogP contribution in [0.4, 0.5) is 5.69 Å². The molecule has 25 heavy (non-hydrogen) atoms. The number of carbonyl (C=O) groups excluding carboxylic acids is 1. The standard InChI is InChI=1S/C20H29N3O2/c1-4-6-14-7-5-8-15(11-14)23-18-16-9-10-21-19(16)22-12-17(18)20(24)25-13(2)3/h9-10,12-15H,4-8,11H2,1-3H3,(H2,21,22,23)/t14-,15+/m0/s1. The topological polar surface area (TPSA) is 67.0 Å². The van der Waals surface area contributed by atoms with Gasteiger partial charge in [0, 0.05) is 23.8 Å². The number of H-pyrrole nitrogens is 1. The average molecular weight is 343 g/mol. The molecule has 1 saturated carbocycles. The molecule has 0 amide bonds. The molecule has 0 spiro atoms. The van der Waals surface area contributed by atoms with Crippen LogP contribution in [0.2, 0.25) is 0 Å². The number of hydrogen-bond acceptors (Lipinski definition) is 4. The monoisotopic (exact) mass is 343 g/mol. The predicted molar refractivity (Wildman–Crippen MR) is 101 cm³/mol. The van der Waals surface area contributed by atoms with E-state index in [1.54, 1.807) is 6.20 Å². The molecule has 0 saturated heterocycles. The van der Waals surface area contributed by atoms with Crippen molar-refractivity contribution in [3.8, 4) is 0 Å². The molecule has 0 aromatic carbocycles. The summed E-state index contributed by atoms with van der Waals surface area (Å²) >= 11 is 0. The van der Waals surface area contributed by atoms with E-state index in [1.807, 2.05) is 26.1 Å². The highest BCUT2D eigenvalue weighted by Gasteiger charge is 2.25. The molecule has 2 aromatic heterocycles. The van der Waals surface area contributed by atoms with Crippen LogP contribution < -0.4 is 5.32 Å². The second kappa shape index (κ2) is 7.89. The van der Waals surface area contributed by atoms with E-state index in [2.05, 4.69) is 22.2 Å². The van der Waals surface area contributed by atoms with Crippen molar-refractivity contribution < 1.29 is 9.53 Å². The first kappa shape index (κ1) is 17.8. The number of fused-ring (bicyclic) bond motifs is 1. The second-order valence-corrected chi connectivity index (χ2v) is 7.40. The second-order valence-electron chi connectivity index (χ2n) is 7.40. The van der Waals surface area contributed by atoms with E-state index in [9.17, 15) is 4.79 Å². The van der Waals surface area contributed by atoms with Gasteiger partial charge in [-0.1, -0.05) is 32.6 Å². The number of nitrogens with one attached hydrogen (secondary N) is 2. The SMILES string of the molecule is CCC[C@H]1CCC[C@@H](Nc2c(C(=O)OC(C)C)cnc3[nH]ccc23)C1. The van der Waals surface area contributed by atoms with E-state index < -0.39 is 0 Å². The van der Waals surface area contributed by atoms with Crippen LogP contribution in [0.1, 0.15) is 69.7 Å². The van der Waals surface area contributed by atoms with Gasteiger partial charge in [0.25, 0.3) is 0 Å². The molecule has 1 aliphatic carbocycles. The molecule has 0 bridgehead atoms. The normalized spacial score (nSPS) is 20.8. The Bertz CT molecular complexity index is 721. The number of aromatic amines is 1. The van der Waals surface area contributed by atoms with Crippen molar-refractivity contribution in [2.75, 3.05) is 5.32 Å². The number of rotatable bonds is 6. The van der Waals surface area contributed by atoms with Gasteiger partial charge in [-0.25, -0.2) is 9.78 Å². The van der Waals surface area contributed by atoms with Crippen molar-refractivity contribution in [1.29, 1.82) is 0 Å². The van der Waals surface area contributed by atoms with Gasteiger partial charge in [0.1, 0.15) is 11.2 Å². The van der Waals surface area contributed by atoms with Gasteiger partial charge in [0.2, 0.25) is 0 Å². The molecule has 2 N–H and O–H groups in total. The van der Waals surface area contributed by atoms with E-state index >= 15 is 0 Å². The Balaban J connectivity index is 1.87. The van der Waals surface area contributed by atoms with Gasteiger partial charge in [-0.15, -0.1) is 0 Å². The lowest BCUT2D eigenvalue weighted by Gasteiger charge is -2.31. The van der Waals surface area contributed by atoms with Crippen LogP contribution in [0.15, 0.2) is 18.5 Å². The molecule has 5 nitrogen and oxygen atoms in total. The van der Waals surface area contributed by atoms with Gasteiger partial charge < -0.3 is 15.0 Å². The van der Waals surface area contributed by atoms with Gasteiger partial charge >= 0.3 is 5.97 Å². The fourth-order valence-corrected chi connectivity index (χ4v) is 3.89. The smallest absolute Gasteiger partial charge is 0.342 e. The van der Waals surface area contributed by atoms with Crippen LogP contribution in [-0.4, -0.2) is 28.1 Å². The number of carbonyl (C=O) groups is 1. The van der Waals surface area contributed by atoms with E-state index in [1.165, 1.54) is 32.1 Å². The maximum Gasteiger partial charge on any atom is 0.342 e. The predicted octanol–water partition coefficient (Wildman–Crippen LogP) is 4.90. The first-order valence-electron chi connectivity index (χ1n) is 9.52. The highest BCUT2D eigenvalue weighted by atomic mass is 16.5. The van der Waals surface area contributed by atoms with E-state index in [0.29, 0.717) is 11.6 Å². The zero-order chi connectivity index (χ0) is 17.8. The largest absolute Gasteiger partial charge is 0.459 e. The number of pyridine rings is 1. The third-order valence-corrected chi connectivity index (χ3v) is 4.98. The molecule has 0 unspecified atom stereocenters. The number of hydrogen-bond donors (Lipinski definition) is 2. The first-order chi connectivity index (χ1) is 12.1. The molecular weight excluding hydrogens is 314 g/mol. The quantitative estimate of drug-likeness (QED) is 0.732. The zero-order valence-corrected chi connectivity index (χ0v) is 15.5. The summed E-state index contributed by atoms with van der Waals surface area (Å²) in [6.07, 6.45) is 10.7. The van der Waals surface area contributed by atoms with Crippen LogP contribution >= 0.6 is 0 Å². The van der Waals surface area contributed by atoms with Crippen molar-refractivity contribution in [3.05, 3.63) is 24.0 Å². The molecule has 5 heteroatoms. The van der Waals surface area contributed by atoms with E-state index in [-0.39, 0.29) is 12.1 Å². The summed E-state index contributed by atoms with van der Waals surface area (Å²) in [6, 6.07) is 2.37. The van der Waals surface area contributed by atoms with Gasteiger partial charge in [-0.3, -0.25) is 0 Å². The first-order valence-corrected chi connectivity index (χ1v) is 9.52. The fourth-order valence-electron chi connectivity index (χ4n) is 3.89. The summed E-state index contributed by atoms with van der Waals surface area (Å²) in [7, 11) is 0. The number of anilines is 1. The van der Waals surface area contributed by atoms with Crippen LogP contribution in [0.3, 0.4) is 0 Å². The molecule has 0 radical (unpaired) electrons. The summed E-state index contributed by atoms with van der Waals surface area (Å²) in [6.45, 7) is 5.98. The molecule has 136 valence electrons. The van der Waals surface area contributed by atoms with Crippen LogP contribution in [0.5, 0.6) is 0 Å². The lowest BCUT2D eigenvalue weighted by molar-refractivity contribution is 0.0378. The minimum Gasteiger partial charge on any atom is -0.459 e. The van der Waals surface area contributed by atoms with Crippen molar-refractivity contribution in [3.63, 3.8) is 0 Å². The molecule has 3 rings (SSSR count). The Kier molecular flexibility index (Phi) is 5.61. The molecule has 1 fully saturated rings. The molecule has 2 aromatic rings. The van der Waals surface area contributed by atoms with Crippen molar-refractivity contribution in [2.45, 2.75) is 71.4 Å². The lowest BCUT2D eigenvalue weighted by Crippen LogP contribution is -2.28. The maximum absolute atomic E-state index is 12.5. The summed E-state index contributed by atoms with van der Waals surface area (Å²) in [4.78, 5) is 20.0. The van der Waals surface area contributed by atoms with Gasteiger partial charge in [0.15, 0.2) is 0 Å². The zero-order valence-electron chi connectivity index (χ0n) is 15.5. The third-order valence-electron chi connectivity index (χ3n) is 4.98. The number of ether oxygens (including phenoxy) is 1. The van der Waals surface area contributed by atoms with E-state index in [0.717, 1.165) is 29.1 Å². The molecular formula is C20H29N3O2. The van der Waals surface area contributed by atoms with Crippen LogP contribution in [0.25, 0.3) is 11.0 Å².